The molecule has 0 atom stereocenters. The first kappa shape index (κ1) is 17.4. The van der Waals surface area contributed by atoms with E-state index >= 15 is 0 Å². The van der Waals surface area contributed by atoms with Crippen LogP contribution in [0, 0.1) is 11.6 Å². The second-order valence-electron chi connectivity index (χ2n) is 6.53. The molecule has 0 amide bonds. The smallest absolute Gasteiger partial charge is 0.243 e. The molecule has 1 saturated heterocycles. The molecule has 0 aromatic heterocycles. The summed E-state index contributed by atoms with van der Waals surface area (Å²) in [5.41, 5.74) is 2.93. The molecule has 0 spiro atoms. The molecule has 5 nitrogen and oxygen atoms in total. The van der Waals surface area contributed by atoms with Crippen molar-refractivity contribution in [1.82, 2.24) is 9.62 Å². The Balaban J connectivity index is 1.66. The van der Waals surface area contributed by atoms with E-state index in [0.717, 1.165) is 55.1 Å². The molecule has 2 aromatic rings. The number of sulfonamides is 1. The van der Waals surface area contributed by atoms with Crippen LogP contribution in [0.5, 0.6) is 0 Å². The highest BCUT2D eigenvalue weighted by Gasteiger charge is 2.33. The van der Waals surface area contributed by atoms with Gasteiger partial charge in [-0.3, -0.25) is 0 Å². The molecule has 0 bridgehead atoms. The highest BCUT2D eigenvalue weighted by molar-refractivity contribution is 7.89. The van der Waals surface area contributed by atoms with Crippen LogP contribution in [-0.2, 0) is 23.1 Å². The highest BCUT2D eigenvalue weighted by atomic mass is 32.2. The molecule has 138 valence electrons. The molecule has 8 heteroatoms. The number of halogens is 2. The second kappa shape index (κ2) is 6.61. The third-order valence-electron chi connectivity index (χ3n) is 4.86. The first-order valence-corrected chi connectivity index (χ1v) is 9.92. The van der Waals surface area contributed by atoms with Crippen LogP contribution in [-0.4, -0.2) is 38.9 Å². The predicted molar refractivity (Wildman–Crippen MR) is 94.3 cm³/mol. The first-order chi connectivity index (χ1) is 12.4. The summed E-state index contributed by atoms with van der Waals surface area (Å²) in [5.74, 6) is -1.80. The van der Waals surface area contributed by atoms with Crippen molar-refractivity contribution in [2.75, 3.05) is 31.1 Å². The minimum Gasteiger partial charge on any atom is -0.369 e. The van der Waals surface area contributed by atoms with E-state index in [-0.39, 0.29) is 18.0 Å². The molecule has 0 saturated carbocycles. The number of hydrogen-bond donors (Lipinski definition) is 1. The Kier molecular flexibility index (Phi) is 4.42. The van der Waals surface area contributed by atoms with E-state index in [1.54, 1.807) is 0 Å². The van der Waals surface area contributed by atoms with Gasteiger partial charge in [0, 0.05) is 51.0 Å². The Morgan fingerprint density at radius 1 is 0.962 bits per heavy atom. The maximum Gasteiger partial charge on any atom is 0.243 e. The van der Waals surface area contributed by atoms with E-state index < -0.39 is 21.7 Å². The van der Waals surface area contributed by atoms with Crippen LogP contribution < -0.4 is 10.2 Å². The molecule has 0 unspecified atom stereocenters. The summed E-state index contributed by atoms with van der Waals surface area (Å²) in [7, 11) is -3.98. The number of nitrogens with one attached hydrogen (secondary N) is 1. The Morgan fingerprint density at radius 3 is 2.35 bits per heavy atom. The third-order valence-corrected chi connectivity index (χ3v) is 6.63. The van der Waals surface area contributed by atoms with Crippen LogP contribution in [0.1, 0.15) is 11.1 Å². The van der Waals surface area contributed by atoms with Crippen molar-refractivity contribution in [3.05, 3.63) is 59.2 Å². The normalized spacial score (nSPS) is 18.2. The van der Waals surface area contributed by atoms with Crippen LogP contribution in [0.25, 0.3) is 0 Å². The van der Waals surface area contributed by atoms with Crippen molar-refractivity contribution in [1.29, 1.82) is 0 Å². The summed E-state index contributed by atoms with van der Waals surface area (Å²) in [6.07, 6.45) is 0. The molecular formula is C18H19F2N3O2S. The van der Waals surface area contributed by atoms with Gasteiger partial charge in [0.1, 0.15) is 11.6 Å². The molecule has 2 heterocycles. The van der Waals surface area contributed by atoms with Gasteiger partial charge in [-0.25, -0.2) is 17.2 Å². The van der Waals surface area contributed by atoms with Gasteiger partial charge in [-0.15, -0.1) is 0 Å². The van der Waals surface area contributed by atoms with Crippen LogP contribution >= 0.6 is 0 Å². The van der Waals surface area contributed by atoms with E-state index in [1.165, 1.54) is 4.31 Å². The van der Waals surface area contributed by atoms with Crippen LogP contribution in [0.2, 0.25) is 0 Å². The van der Waals surface area contributed by atoms with Gasteiger partial charge in [0.05, 0.1) is 4.90 Å². The first-order valence-electron chi connectivity index (χ1n) is 8.48. The molecule has 2 aliphatic rings. The van der Waals surface area contributed by atoms with Crippen molar-refractivity contribution in [2.24, 2.45) is 0 Å². The predicted octanol–water partition coefficient (Wildman–Crippen LogP) is 2.08. The van der Waals surface area contributed by atoms with Gasteiger partial charge in [0.25, 0.3) is 0 Å². The van der Waals surface area contributed by atoms with Crippen LogP contribution in [0.15, 0.2) is 41.3 Å². The van der Waals surface area contributed by atoms with Crippen LogP contribution in [0.4, 0.5) is 14.5 Å². The summed E-state index contributed by atoms with van der Waals surface area (Å²) >= 11 is 0. The van der Waals surface area contributed by atoms with Gasteiger partial charge < -0.3 is 10.2 Å². The van der Waals surface area contributed by atoms with Crippen molar-refractivity contribution in [3.8, 4) is 0 Å². The maximum absolute atomic E-state index is 13.5. The quantitative estimate of drug-likeness (QED) is 0.887. The van der Waals surface area contributed by atoms with Gasteiger partial charge in [0.15, 0.2) is 0 Å². The lowest BCUT2D eigenvalue weighted by Gasteiger charge is -2.31. The average molecular weight is 379 g/mol. The maximum atomic E-state index is 13.5. The van der Waals surface area contributed by atoms with Gasteiger partial charge in [-0.05, 0) is 29.3 Å². The minimum atomic E-state index is -3.98. The minimum absolute atomic E-state index is 0.204. The lowest BCUT2D eigenvalue weighted by atomic mass is 10.1. The number of hydrogen-bond acceptors (Lipinski definition) is 4. The Hall–Kier alpha value is -2.03. The summed E-state index contributed by atoms with van der Waals surface area (Å²) < 4.78 is 54.0. The zero-order valence-corrected chi connectivity index (χ0v) is 14.9. The molecule has 1 N–H and O–H groups in total. The SMILES string of the molecule is O=S(=O)(c1cc(F)cc(F)c1)N1Cc2cccc(N3CCNCC3)c2C1. The van der Waals surface area contributed by atoms with E-state index in [4.69, 9.17) is 0 Å². The molecule has 26 heavy (non-hydrogen) atoms. The van der Waals surface area contributed by atoms with Gasteiger partial charge in [0.2, 0.25) is 10.0 Å². The van der Waals surface area contributed by atoms with Gasteiger partial charge in [-0.1, -0.05) is 12.1 Å². The van der Waals surface area contributed by atoms with E-state index in [9.17, 15) is 17.2 Å². The number of anilines is 1. The standard InChI is InChI=1S/C18H19F2N3O2S/c19-14-8-15(20)10-16(9-14)26(24,25)23-11-13-2-1-3-18(17(13)12-23)22-6-4-21-5-7-22/h1-3,8-10,21H,4-7,11-12H2. The van der Waals surface area contributed by atoms with Crippen molar-refractivity contribution in [3.63, 3.8) is 0 Å². The number of rotatable bonds is 3. The summed E-state index contributed by atoms with van der Waals surface area (Å²) in [6, 6.07) is 8.22. The topological polar surface area (TPSA) is 52.7 Å². The highest BCUT2D eigenvalue weighted by Crippen LogP contribution is 2.35. The molecule has 0 aliphatic carbocycles. The van der Waals surface area contributed by atoms with Gasteiger partial charge >= 0.3 is 0 Å². The largest absolute Gasteiger partial charge is 0.369 e. The summed E-state index contributed by atoms with van der Waals surface area (Å²) in [5, 5.41) is 3.30. The summed E-state index contributed by atoms with van der Waals surface area (Å²) in [6.45, 7) is 3.89. The zero-order chi connectivity index (χ0) is 18.3. The number of piperazine rings is 1. The fourth-order valence-corrected chi connectivity index (χ4v) is 5.00. The second-order valence-corrected chi connectivity index (χ2v) is 8.47. The van der Waals surface area contributed by atoms with Crippen molar-refractivity contribution >= 4 is 15.7 Å². The number of nitrogens with zero attached hydrogens (tertiary/aromatic N) is 2. The summed E-state index contributed by atoms with van der Waals surface area (Å²) in [4.78, 5) is 1.89. The Bertz CT molecular complexity index is 923. The molecule has 2 aliphatic heterocycles. The van der Waals surface area contributed by atoms with E-state index in [1.807, 2.05) is 18.2 Å². The molecule has 1 fully saturated rings. The number of fused-ring (bicyclic) bond motifs is 1. The molecule has 4 rings (SSSR count). The van der Waals surface area contributed by atoms with Crippen LogP contribution in [0.3, 0.4) is 0 Å². The fraction of sp³-hybridized carbons (Fsp3) is 0.333. The van der Waals surface area contributed by atoms with Crippen molar-refractivity contribution in [2.45, 2.75) is 18.0 Å². The fourth-order valence-electron chi connectivity index (χ4n) is 3.57. The van der Waals surface area contributed by atoms with Gasteiger partial charge in [-0.2, -0.15) is 4.31 Å². The Labute approximate surface area is 151 Å². The molecule has 0 radical (unpaired) electrons. The number of benzene rings is 2. The lowest BCUT2D eigenvalue weighted by molar-refractivity contribution is 0.430. The average Bonchev–Trinajstić information content (AvgIpc) is 3.06. The molecular weight excluding hydrogens is 360 g/mol. The third kappa shape index (κ3) is 3.08. The van der Waals surface area contributed by atoms with Crippen molar-refractivity contribution < 1.29 is 17.2 Å². The zero-order valence-electron chi connectivity index (χ0n) is 14.1. The monoisotopic (exact) mass is 379 g/mol. The van der Waals surface area contributed by atoms with E-state index in [0.29, 0.717) is 6.07 Å². The van der Waals surface area contributed by atoms with E-state index in [2.05, 4.69) is 10.2 Å². The lowest BCUT2D eigenvalue weighted by Crippen LogP contribution is -2.43. The molecule has 2 aromatic carbocycles. The Morgan fingerprint density at radius 2 is 1.65 bits per heavy atom.